The molecule has 13 heavy (non-hydrogen) atoms. The van der Waals surface area contributed by atoms with Crippen LogP contribution in [0.15, 0.2) is 11.4 Å². The van der Waals surface area contributed by atoms with E-state index in [2.05, 4.69) is 5.32 Å². The molecule has 0 fully saturated rings. The molecule has 1 rings (SSSR count). The molecule has 0 radical (unpaired) electrons. The van der Waals surface area contributed by atoms with E-state index in [4.69, 9.17) is 5.73 Å². The number of nitrogens with two attached hydrogens (primary N) is 1. The van der Waals surface area contributed by atoms with Gasteiger partial charge in [0.2, 0.25) is 5.91 Å². The Morgan fingerprint density at radius 3 is 3.00 bits per heavy atom. The maximum Gasteiger partial charge on any atom is 0.303 e. The van der Waals surface area contributed by atoms with Gasteiger partial charge in [-0.25, -0.2) is 0 Å². The second kappa shape index (κ2) is 3.85. The summed E-state index contributed by atoms with van der Waals surface area (Å²) in [6.45, 7) is -0.0959. The van der Waals surface area contributed by atoms with Crippen LogP contribution in [-0.4, -0.2) is 17.4 Å². The number of amides is 1. The molecule has 0 aliphatic rings. The van der Waals surface area contributed by atoms with Crippen molar-refractivity contribution in [2.75, 3.05) is 11.9 Å². The molecule has 0 atom stereocenters. The maximum atomic E-state index is 10.4. The van der Waals surface area contributed by atoms with Crippen molar-refractivity contribution in [3.8, 4) is 0 Å². The summed E-state index contributed by atoms with van der Waals surface area (Å²) >= 11 is 1.16. The molecule has 1 amide bonds. The van der Waals surface area contributed by atoms with E-state index in [9.17, 15) is 14.9 Å². The molecular formula is C6H7N3O3S. The first-order chi connectivity index (χ1) is 6.11. The highest BCUT2D eigenvalue weighted by molar-refractivity contribution is 7.14. The van der Waals surface area contributed by atoms with Gasteiger partial charge in [0.15, 0.2) is 5.00 Å². The minimum absolute atomic E-state index is 0.0359. The molecule has 0 saturated carbocycles. The van der Waals surface area contributed by atoms with E-state index in [0.717, 1.165) is 11.3 Å². The molecule has 7 heteroatoms. The second-order valence-corrected chi connectivity index (χ2v) is 3.13. The Balaban J connectivity index is 2.71. The number of primary amides is 1. The first kappa shape index (κ1) is 9.46. The molecule has 0 bridgehead atoms. The molecule has 1 heterocycles. The number of carbonyl (C=O) groups excluding carboxylic acids is 1. The van der Waals surface area contributed by atoms with E-state index in [1.165, 1.54) is 6.07 Å². The van der Waals surface area contributed by atoms with Crippen LogP contribution in [0.25, 0.3) is 0 Å². The van der Waals surface area contributed by atoms with E-state index in [1.54, 1.807) is 5.38 Å². The van der Waals surface area contributed by atoms with Crippen LogP contribution in [0.1, 0.15) is 0 Å². The highest BCUT2D eigenvalue weighted by Gasteiger charge is 2.14. The molecule has 0 aromatic carbocycles. The fourth-order valence-electron chi connectivity index (χ4n) is 0.746. The molecule has 0 spiro atoms. The number of nitrogens with zero attached hydrogens (tertiary/aromatic N) is 1. The number of rotatable bonds is 4. The molecule has 70 valence electrons. The van der Waals surface area contributed by atoms with Gasteiger partial charge in [0.1, 0.15) is 0 Å². The van der Waals surface area contributed by atoms with E-state index in [0.29, 0.717) is 5.00 Å². The van der Waals surface area contributed by atoms with Gasteiger partial charge >= 0.3 is 5.69 Å². The van der Waals surface area contributed by atoms with Crippen LogP contribution in [0.3, 0.4) is 0 Å². The number of anilines is 1. The summed E-state index contributed by atoms with van der Waals surface area (Å²) in [5.41, 5.74) is 4.83. The molecule has 0 aliphatic carbocycles. The van der Waals surface area contributed by atoms with Gasteiger partial charge in [-0.2, -0.15) is 0 Å². The van der Waals surface area contributed by atoms with Gasteiger partial charge in [-0.15, -0.1) is 11.3 Å². The zero-order valence-electron chi connectivity index (χ0n) is 6.52. The third kappa shape index (κ3) is 2.41. The molecule has 0 aliphatic heterocycles. The number of hydrogen-bond acceptors (Lipinski definition) is 5. The quantitative estimate of drug-likeness (QED) is 0.549. The Kier molecular flexibility index (Phi) is 2.80. The lowest BCUT2D eigenvalue weighted by Gasteiger charge is -1.98. The van der Waals surface area contributed by atoms with Crippen LogP contribution in [0.4, 0.5) is 10.7 Å². The number of hydrogen-bond donors (Lipinski definition) is 2. The van der Waals surface area contributed by atoms with Crippen molar-refractivity contribution in [3.63, 3.8) is 0 Å². The van der Waals surface area contributed by atoms with Gasteiger partial charge < -0.3 is 11.1 Å². The highest BCUT2D eigenvalue weighted by atomic mass is 32.1. The Hall–Kier alpha value is -1.63. The van der Waals surface area contributed by atoms with Crippen LogP contribution < -0.4 is 11.1 Å². The summed E-state index contributed by atoms with van der Waals surface area (Å²) < 4.78 is 0. The lowest BCUT2D eigenvalue weighted by Crippen LogP contribution is -2.21. The first-order valence-electron chi connectivity index (χ1n) is 3.35. The van der Waals surface area contributed by atoms with Crippen molar-refractivity contribution in [1.82, 2.24) is 0 Å². The summed E-state index contributed by atoms with van der Waals surface area (Å²) in [6.07, 6.45) is 0. The predicted molar refractivity (Wildman–Crippen MR) is 48.7 cm³/mol. The van der Waals surface area contributed by atoms with Crippen molar-refractivity contribution < 1.29 is 9.72 Å². The van der Waals surface area contributed by atoms with E-state index in [-0.39, 0.29) is 12.2 Å². The van der Waals surface area contributed by atoms with E-state index < -0.39 is 10.8 Å². The second-order valence-electron chi connectivity index (χ2n) is 2.21. The Morgan fingerprint density at radius 1 is 1.77 bits per heavy atom. The third-order valence-electron chi connectivity index (χ3n) is 1.26. The predicted octanol–water partition coefficient (Wildman–Crippen LogP) is 0.553. The topological polar surface area (TPSA) is 98.3 Å². The fourth-order valence-corrected chi connectivity index (χ4v) is 1.50. The summed E-state index contributed by atoms with van der Waals surface area (Å²) in [5.74, 6) is -0.553. The molecule has 1 aromatic rings. The van der Waals surface area contributed by atoms with Crippen molar-refractivity contribution >= 4 is 27.9 Å². The van der Waals surface area contributed by atoms with Crippen molar-refractivity contribution in [3.05, 3.63) is 21.6 Å². The number of nitro groups is 1. The van der Waals surface area contributed by atoms with E-state index >= 15 is 0 Å². The van der Waals surface area contributed by atoms with Gasteiger partial charge in [0, 0.05) is 6.07 Å². The maximum absolute atomic E-state index is 10.4. The first-order valence-corrected chi connectivity index (χ1v) is 4.23. The largest absolute Gasteiger partial charge is 0.368 e. The number of carbonyl (C=O) groups is 1. The normalized spacial score (nSPS) is 9.54. The van der Waals surface area contributed by atoms with Crippen LogP contribution in [-0.2, 0) is 4.79 Å². The van der Waals surface area contributed by atoms with Crippen LogP contribution in [0.5, 0.6) is 0 Å². The average Bonchev–Trinajstić information content (AvgIpc) is 2.47. The Morgan fingerprint density at radius 2 is 2.46 bits per heavy atom. The summed E-state index contributed by atoms with van der Waals surface area (Å²) in [4.78, 5) is 20.2. The van der Waals surface area contributed by atoms with Crippen LogP contribution in [0, 0.1) is 10.1 Å². The molecule has 1 aromatic heterocycles. The summed E-state index contributed by atoms with van der Waals surface area (Å²) in [5, 5.41) is 14.9. The van der Waals surface area contributed by atoms with Crippen molar-refractivity contribution in [2.24, 2.45) is 5.73 Å². The van der Waals surface area contributed by atoms with Gasteiger partial charge in [0.25, 0.3) is 0 Å². The minimum Gasteiger partial charge on any atom is -0.368 e. The van der Waals surface area contributed by atoms with Crippen molar-refractivity contribution in [2.45, 2.75) is 0 Å². The number of nitrogens with one attached hydrogen (secondary N) is 1. The standard InChI is InChI=1S/C6H7N3O3S/c7-5(10)3-8-6-4(9(11)12)1-2-13-6/h1-2,8H,3H2,(H2,7,10). The lowest BCUT2D eigenvalue weighted by molar-refractivity contribution is -0.383. The number of thiophene rings is 1. The van der Waals surface area contributed by atoms with Crippen LogP contribution >= 0.6 is 11.3 Å². The van der Waals surface area contributed by atoms with Crippen molar-refractivity contribution in [1.29, 1.82) is 0 Å². The van der Waals surface area contributed by atoms with Gasteiger partial charge in [0.05, 0.1) is 11.5 Å². The Bertz CT molecular complexity index is 336. The van der Waals surface area contributed by atoms with Gasteiger partial charge in [-0.1, -0.05) is 0 Å². The zero-order chi connectivity index (χ0) is 9.84. The third-order valence-corrected chi connectivity index (χ3v) is 2.13. The molecule has 0 saturated heterocycles. The molecule has 0 unspecified atom stereocenters. The monoisotopic (exact) mass is 201 g/mol. The van der Waals surface area contributed by atoms with E-state index in [1.807, 2.05) is 0 Å². The minimum atomic E-state index is -0.553. The smallest absolute Gasteiger partial charge is 0.303 e. The highest BCUT2D eigenvalue weighted by Crippen LogP contribution is 2.29. The summed E-state index contributed by atoms with van der Waals surface area (Å²) in [7, 11) is 0. The molecule has 6 nitrogen and oxygen atoms in total. The molecular weight excluding hydrogens is 194 g/mol. The van der Waals surface area contributed by atoms with Gasteiger partial charge in [-0.05, 0) is 5.38 Å². The SMILES string of the molecule is NC(=O)CNc1sccc1[N+](=O)[O-]. The van der Waals surface area contributed by atoms with Gasteiger partial charge in [-0.3, -0.25) is 14.9 Å². The lowest BCUT2D eigenvalue weighted by atomic mass is 10.5. The zero-order valence-corrected chi connectivity index (χ0v) is 7.34. The fraction of sp³-hybridized carbons (Fsp3) is 0.167. The average molecular weight is 201 g/mol. The summed E-state index contributed by atoms with van der Waals surface area (Å²) in [6, 6.07) is 1.37. The molecule has 3 N–H and O–H groups in total. The Labute approximate surface area is 77.5 Å². The van der Waals surface area contributed by atoms with Crippen LogP contribution in [0.2, 0.25) is 0 Å².